The van der Waals surface area contributed by atoms with E-state index in [-0.39, 0.29) is 46.7 Å². The van der Waals surface area contributed by atoms with E-state index in [1.54, 1.807) is 12.7 Å². The molecule has 2 saturated heterocycles. The number of aromatic amines is 2. The van der Waals surface area contributed by atoms with Gasteiger partial charge in [0.25, 0.3) is 0 Å². The Labute approximate surface area is 371 Å². The van der Waals surface area contributed by atoms with Crippen LogP contribution in [0.2, 0.25) is 0 Å². The van der Waals surface area contributed by atoms with Crippen molar-refractivity contribution in [3.63, 3.8) is 0 Å². The maximum Gasteiger partial charge on any atom is 0.331 e. The van der Waals surface area contributed by atoms with Crippen molar-refractivity contribution in [2.24, 2.45) is 22.7 Å². The molecule has 4 aromatic rings. The lowest BCUT2D eigenvalue weighted by atomic mass is 9.81. The van der Waals surface area contributed by atoms with E-state index in [1.807, 2.05) is 24.5 Å². The van der Waals surface area contributed by atoms with Crippen LogP contribution in [-0.4, -0.2) is 140 Å². The number of carbonyl (C=O) groups is 4. The monoisotopic (exact) mass is 886 g/mol. The van der Waals surface area contributed by atoms with Gasteiger partial charge < -0.3 is 55.2 Å². The zero-order chi connectivity index (χ0) is 44.8. The summed E-state index contributed by atoms with van der Waals surface area (Å²) in [5.41, 5.74) is 1.40. The third-order valence-electron chi connectivity index (χ3n) is 14.2. The van der Waals surface area contributed by atoms with E-state index < -0.39 is 37.2 Å². The summed E-state index contributed by atoms with van der Waals surface area (Å²) in [5.74, 6) is -0.0967. The number of hydrogen-bond acceptors (Lipinski definition) is 15. The van der Waals surface area contributed by atoms with Gasteiger partial charge in [-0.15, -0.1) is 0 Å². The van der Waals surface area contributed by atoms with Crippen LogP contribution in [0.1, 0.15) is 89.9 Å². The summed E-state index contributed by atoms with van der Waals surface area (Å²) in [6.45, 7) is 1.96. The largest absolute Gasteiger partial charge is 0.467 e. The lowest BCUT2D eigenvalue weighted by molar-refractivity contribution is -0.154. The van der Waals surface area contributed by atoms with Crippen molar-refractivity contribution in [2.45, 2.75) is 114 Å². The minimum Gasteiger partial charge on any atom is -0.467 e. The Morgan fingerprint density at radius 1 is 0.703 bits per heavy atom. The van der Waals surface area contributed by atoms with Crippen molar-refractivity contribution in [3.8, 4) is 0 Å². The molecule has 0 bridgehead atoms. The number of aromatic nitrogens is 6. The van der Waals surface area contributed by atoms with Crippen LogP contribution in [0.15, 0.2) is 37.2 Å². The zero-order valence-electron chi connectivity index (χ0n) is 36.5. The van der Waals surface area contributed by atoms with Gasteiger partial charge >= 0.3 is 11.9 Å². The first-order valence-electron chi connectivity index (χ1n) is 22.9. The predicted molar refractivity (Wildman–Crippen MR) is 235 cm³/mol. The van der Waals surface area contributed by atoms with Gasteiger partial charge in [-0.05, 0) is 100 Å². The average Bonchev–Trinajstić information content (AvgIpc) is 3.79. The third-order valence-corrected chi connectivity index (χ3v) is 14.2. The van der Waals surface area contributed by atoms with Gasteiger partial charge in [0.2, 0.25) is 11.8 Å². The summed E-state index contributed by atoms with van der Waals surface area (Å²) < 4.78 is 10.1. The highest BCUT2D eigenvalue weighted by molar-refractivity contribution is 5.90. The summed E-state index contributed by atoms with van der Waals surface area (Å²) >= 11 is 0. The molecule has 6 heterocycles. The highest BCUT2D eigenvalue weighted by atomic mass is 16.5. The topological polar surface area (TPSA) is 261 Å². The second-order valence-corrected chi connectivity index (χ2v) is 18.4. The number of carbonyl (C=O) groups excluding carboxylic acids is 4. The molecule has 346 valence electrons. The number of H-pyrrole nitrogens is 2. The Hall–Kier alpha value is -5.40. The Bertz CT molecular complexity index is 2250. The quantitative estimate of drug-likeness (QED) is 0.107. The zero-order valence-corrected chi connectivity index (χ0v) is 36.5. The van der Waals surface area contributed by atoms with Crippen LogP contribution >= 0.6 is 0 Å². The van der Waals surface area contributed by atoms with Crippen LogP contribution in [0.4, 0.5) is 11.6 Å². The number of ether oxygens (including phenoxy) is 2. The van der Waals surface area contributed by atoms with E-state index in [9.17, 15) is 29.4 Å². The maximum atomic E-state index is 13.1. The van der Waals surface area contributed by atoms with Crippen LogP contribution in [0.25, 0.3) is 22.1 Å². The number of esters is 2. The van der Waals surface area contributed by atoms with E-state index >= 15 is 0 Å². The first-order valence-corrected chi connectivity index (χ1v) is 22.9. The summed E-state index contributed by atoms with van der Waals surface area (Å²) in [6, 6.07) is 1.93. The smallest absolute Gasteiger partial charge is 0.331 e. The SMILES string of the molecule is COC(=O)[C@@H](CO)NC(=O)[C@H]1CCN(c2ncnc3[nH]ccc23)CC12CC2.O=C(N[C@H](CO)C(=O)OC1CCCC1)[C@H]1CCN(c2ncnc3[nH]ccc23)CC12CC2.OC1CCCC1. The molecule has 19 heteroatoms. The molecular weight excluding hydrogens is 825 g/mol. The van der Waals surface area contributed by atoms with Gasteiger partial charge in [0, 0.05) is 50.4 Å². The Balaban J connectivity index is 0.000000156. The molecule has 64 heavy (non-hydrogen) atoms. The molecule has 4 atom stereocenters. The van der Waals surface area contributed by atoms with Crippen LogP contribution in [0.3, 0.4) is 0 Å². The number of amides is 2. The Morgan fingerprint density at radius 3 is 1.56 bits per heavy atom. The summed E-state index contributed by atoms with van der Waals surface area (Å²) in [4.78, 5) is 78.1. The first-order chi connectivity index (χ1) is 31.1. The molecule has 2 spiro atoms. The second-order valence-electron chi connectivity index (χ2n) is 18.4. The molecule has 2 aliphatic heterocycles. The Morgan fingerprint density at radius 2 is 1.16 bits per heavy atom. The van der Waals surface area contributed by atoms with E-state index in [1.165, 1.54) is 20.0 Å². The molecule has 0 unspecified atom stereocenters. The van der Waals surface area contributed by atoms with Gasteiger partial charge in [-0.2, -0.15) is 0 Å². The number of aliphatic hydroxyl groups excluding tert-OH is 3. The Kier molecular flexibility index (Phi) is 14.0. The normalized spacial score (nSPS) is 23.1. The van der Waals surface area contributed by atoms with E-state index in [4.69, 9.17) is 9.84 Å². The summed E-state index contributed by atoms with van der Waals surface area (Å²) in [5, 5.41) is 35.2. The fourth-order valence-electron chi connectivity index (χ4n) is 10.3. The number of aliphatic hydroxyl groups is 3. The van der Waals surface area contributed by atoms with Crippen LogP contribution in [0.5, 0.6) is 0 Å². The number of methoxy groups -OCH3 is 1. The standard InChI is InChI=1S/C22H29N5O4.C18H23N5O4.C5H10O/c28-11-17(21(30)31-14-3-1-2-4-14)26-20(29)16-6-10-27(12-22(16)7-8-22)19-15-5-9-23-18(15)24-13-25-19;1-27-17(26)13(8-24)22-16(25)12-3-7-23(9-18(12)4-5-18)15-11-2-6-19-14(11)20-10-21-15;6-5-3-1-2-4-5/h5,9,13-14,16-17,28H,1-4,6-8,10-12H2,(H,26,29)(H,23,24,25);2,6,10,12-13,24H,3-5,7-9H2,1H3,(H,22,25)(H,19,20,21);5-6H,1-4H2/t16-,17-;12-,13-;/m11./s1. The predicted octanol–water partition coefficient (Wildman–Crippen LogP) is 2.66. The number of nitrogens with one attached hydrogen (secondary N) is 4. The molecule has 19 nitrogen and oxygen atoms in total. The molecule has 0 radical (unpaired) electrons. The van der Waals surface area contributed by atoms with Gasteiger partial charge in [0.1, 0.15) is 41.7 Å². The lowest BCUT2D eigenvalue weighted by Gasteiger charge is -2.39. The fraction of sp³-hybridized carbons (Fsp3) is 0.644. The number of nitrogens with zero attached hydrogens (tertiary/aromatic N) is 6. The van der Waals surface area contributed by atoms with Gasteiger partial charge in [-0.1, -0.05) is 12.8 Å². The fourth-order valence-corrected chi connectivity index (χ4v) is 10.3. The molecule has 2 amide bonds. The molecular formula is C45H62N10O9. The van der Waals surface area contributed by atoms with Crippen molar-refractivity contribution in [1.29, 1.82) is 0 Å². The number of hydrogen-bond donors (Lipinski definition) is 7. The van der Waals surface area contributed by atoms with Gasteiger partial charge in [-0.25, -0.2) is 29.5 Å². The molecule has 4 aromatic heterocycles. The first kappa shape index (κ1) is 45.2. The van der Waals surface area contributed by atoms with Crippen LogP contribution in [0, 0.1) is 22.7 Å². The van der Waals surface area contributed by atoms with Crippen molar-refractivity contribution >= 4 is 57.5 Å². The number of piperidine rings is 2. The molecule has 10 rings (SSSR count). The minimum absolute atomic E-state index is 0.0463. The summed E-state index contributed by atoms with van der Waals surface area (Å²) in [7, 11) is 1.24. The minimum atomic E-state index is -1.02. The van der Waals surface area contributed by atoms with Crippen molar-refractivity contribution in [3.05, 3.63) is 37.2 Å². The number of rotatable bonds is 11. The number of anilines is 2. The van der Waals surface area contributed by atoms with Crippen molar-refractivity contribution in [2.75, 3.05) is 56.3 Å². The van der Waals surface area contributed by atoms with E-state index in [0.29, 0.717) is 25.9 Å². The van der Waals surface area contributed by atoms with Crippen LogP contribution in [-0.2, 0) is 28.7 Å². The van der Waals surface area contributed by atoms with Crippen molar-refractivity contribution < 1.29 is 44.0 Å². The number of fused-ring (bicyclic) bond motifs is 2. The lowest BCUT2D eigenvalue weighted by Crippen LogP contribution is -2.52. The summed E-state index contributed by atoms with van der Waals surface area (Å²) in [6.07, 6.45) is 20.4. The second kappa shape index (κ2) is 19.8. The van der Waals surface area contributed by atoms with Crippen molar-refractivity contribution in [1.82, 2.24) is 40.5 Å². The third kappa shape index (κ3) is 9.95. The molecule has 6 aliphatic rings. The molecule has 0 aromatic carbocycles. The molecule has 4 aliphatic carbocycles. The molecule has 4 saturated carbocycles. The van der Waals surface area contributed by atoms with Gasteiger partial charge in [0.15, 0.2) is 12.1 Å². The van der Waals surface area contributed by atoms with E-state index in [0.717, 1.165) is 111 Å². The van der Waals surface area contributed by atoms with Gasteiger partial charge in [0.05, 0.1) is 37.2 Å². The van der Waals surface area contributed by atoms with Gasteiger partial charge in [-0.3, -0.25) is 9.59 Å². The van der Waals surface area contributed by atoms with Crippen LogP contribution < -0.4 is 20.4 Å². The average molecular weight is 887 g/mol. The highest BCUT2D eigenvalue weighted by Gasteiger charge is 2.57. The molecule has 7 N–H and O–H groups in total. The molecule has 6 fully saturated rings. The maximum absolute atomic E-state index is 13.1. The highest BCUT2D eigenvalue weighted by Crippen LogP contribution is 2.57. The van der Waals surface area contributed by atoms with E-state index in [2.05, 4.69) is 55.1 Å².